The molecule has 0 aliphatic carbocycles. The predicted octanol–water partition coefficient (Wildman–Crippen LogP) is 3.02. The molecule has 1 N–H and O–H groups in total. The van der Waals surface area contributed by atoms with Gasteiger partial charge in [-0.3, -0.25) is 0 Å². The van der Waals surface area contributed by atoms with Crippen LogP contribution in [0.5, 0.6) is 0 Å². The Morgan fingerprint density at radius 3 is 2.80 bits per heavy atom. The van der Waals surface area contributed by atoms with Gasteiger partial charge in [-0.1, -0.05) is 60.4 Å². The van der Waals surface area contributed by atoms with Gasteiger partial charge in [0.05, 0.1) is 0 Å². The third kappa shape index (κ3) is 5.60. The third-order valence-electron chi connectivity index (χ3n) is 1.86. The highest BCUT2D eigenvalue weighted by Crippen LogP contribution is 2.07. The topological polar surface area (TPSA) is 12.0 Å². The lowest BCUT2D eigenvalue weighted by molar-refractivity contribution is 1.08. The molecule has 0 spiro atoms. The Bertz CT molecular complexity index is 309. The Hall–Kier alpha value is -0.800. The van der Waals surface area contributed by atoms with Gasteiger partial charge in [-0.2, -0.15) is 0 Å². The van der Waals surface area contributed by atoms with Crippen LogP contribution in [0.4, 0.5) is 0 Å². The van der Waals surface area contributed by atoms with E-state index >= 15 is 0 Å². The Morgan fingerprint density at radius 1 is 1.40 bits per heavy atom. The van der Waals surface area contributed by atoms with Crippen molar-refractivity contribution in [2.75, 3.05) is 12.3 Å². The maximum atomic E-state index is 5.14. The molecule has 0 radical (unpaired) electrons. The minimum Gasteiger partial charge on any atom is -0.368 e. The van der Waals surface area contributed by atoms with E-state index in [4.69, 9.17) is 12.2 Å². The number of rotatable bonds is 5. The molecular formula is C12H15NS2. The summed E-state index contributed by atoms with van der Waals surface area (Å²) in [6.45, 7) is 4.38. The van der Waals surface area contributed by atoms with Crippen LogP contribution >= 0.6 is 24.0 Å². The molecule has 1 aromatic rings. The average molecular weight is 237 g/mol. The number of thiocarbonyl (C=S) groups is 1. The first-order chi connectivity index (χ1) is 7.33. The smallest absolute Gasteiger partial charge is 0.134 e. The number of aryl methyl sites for hydroxylation is 1. The van der Waals surface area contributed by atoms with Crippen LogP contribution in [0.15, 0.2) is 43.0 Å². The zero-order valence-corrected chi connectivity index (χ0v) is 10.2. The van der Waals surface area contributed by atoms with Crippen molar-refractivity contribution < 1.29 is 0 Å². The molecule has 0 fully saturated rings. The van der Waals surface area contributed by atoms with E-state index in [1.807, 2.05) is 12.1 Å². The van der Waals surface area contributed by atoms with Crippen LogP contribution in [0.1, 0.15) is 5.56 Å². The van der Waals surface area contributed by atoms with E-state index in [0.717, 1.165) is 23.0 Å². The third-order valence-corrected chi connectivity index (χ3v) is 3.17. The van der Waals surface area contributed by atoms with E-state index in [9.17, 15) is 0 Å². The standard InChI is InChI=1S/C12H15NS2/c1-2-9-13-12(14)15-10-8-11-6-4-3-5-7-11/h2-7H,1,8-10H2,(H,13,14). The number of hydrogen-bond acceptors (Lipinski definition) is 2. The van der Waals surface area contributed by atoms with Gasteiger partial charge in [0.25, 0.3) is 0 Å². The fourth-order valence-corrected chi connectivity index (χ4v) is 2.15. The normalized spacial score (nSPS) is 9.60. The van der Waals surface area contributed by atoms with Crippen LogP contribution in [-0.2, 0) is 6.42 Å². The maximum Gasteiger partial charge on any atom is 0.134 e. The first-order valence-corrected chi connectivity index (χ1v) is 6.28. The van der Waals surface area contributed by atoms with Gasteiger partial charge in [-0.15, -0.1) is 6.58 Å². The molecule has 0 saturated carbocycles. The predicted molar refractivity (Wildman–Crippen MR) is 73.4 cm³/mol. The van der Waals surface area contributed by atoms with Gasteiger partial charge in [0, 0.05) is 12.3 Å². The van der Waals surface area contributed by atoms with Crippen LogP contribution in [-0.4, -0.2) is 16.6 Å². The zero-order chi connectivity index (χ0) is 10.9. The molecule has 0 heterocycles. The Kier molecular flexibility index (Phi) is 6.12. The molecule has 0 bridgehead atoms. The summed E-state index contributed by atoms with van der Waals surface area (Å²) in [7, 11) is 0. The largest absolute Gasteiger partial charge is 0.368 e. The van der Waals surface area contributed by atoms with E-state index < -0.39 is 0 Å². The van der Waals surface area contributed by atoms with Crippen LogP contribution in [0.25, 0.3) is 0 Å². The van der Waals surface area contributed by atoms with E-state index in [2.05, 4.69) is 36.2 Å². The van der Waals surface area contributed by atoms with Crippen molar-refractivity contribution in [2.45, 2.75) is 6.42 Å². The molecule has 1 aromatic carbocycles. The second-order valence-electron chi connectivity index (χ2n) is 3.04. The summed E-state index contributed by atoms with van der Waals surface area (Å²) in [6, 6.07) is 10.4. The summed E-state index contributed by atoms with van der Waals surface area (Å²) < 4.78 is 0.853. The van der Waals surface area contributed by atoms with Gasteiger partial charge in [0.1, 0.15) is 4.32 Å². The van der Waals surface area contributed by atoms with Crippen molar-refractivity contribution in [2.24, 2.45) is 0 Å². The molecule has 0 amide bonds. The lowest BCUT2D eigenvalue weighted by Crippen LogP contribution is -2.18. The SMILES string of the molecule is C=CCNC(=S)SCCc1ccccc1. The van der Waals surface area contributed by atoms with Crippen molar-refractivity contribution in [3.05, 3.63) is 48.6 Å². The molecule has 15 heavy (non-hydrogen) atoms. The van der Waals surface area contributed by atoms with Crippen LogP contribution < -0.4 is 5.32 Å². The maximum absolute atomic E-state index is 5.14. The molecule has 0 aliphatic heterocycles. The number of thioether (sulfide) groups is 1. The second-order valence-corrected chi connectivity index (χ2v) is 4.81. The fourth-order valence-electron chi connectivity index (χ4n) is 1.11. The van der Waals surface area contributed by atoms with Gasteiger partial charge in [-0.05, 0) is 12.0 Å². The molecule has 0 atom stereocenters. The van der Waals surface area contributed by atoms with E-state index in [1.165, 1.54) is 5.56 Å². The summed E-state index contributed by atoms with van der Waals surface area (Å²) in [5.41, 5.74) is 1.36. The molecule has 0 aliphatic rings. The first-order valence-electron chi connectivity index (χ1n) is 4.88. The van der Waals surface area contributed by atoms with Crippen LogP contribution in [0.2, 0.25) is 0 Å². The Labute approximate surface area is 101 Å². The van der Waals surface area contributed by atoms with Gasteiger partial charge >= 0.3 is 0 Å². The number of benzene rings is 1. The van der Waals surface area contributed by atoms with Crippen molar-refractivity contribution >= 4 is 28.3 Å². The molecular weight excluding hydrogens is 222 g/mol. The van der Waals surface area contributed by atoms with Crippen molar-refractivity contribution in [1.82, 2.24) is 5.32 Å². The van der Waals surface area contributed by atoms with Crippen LogP contribution in [0.3, 0.4) is 0 Å². The fraction of sp³-hybridized carbons (Fsp3) is 0.250. The van der Waals surface area contributed by atoms with Crippen molar-refractivity contribution in [1.29, 1.82) is 0 Å². The van der Waals surface area contributed by atoms with Crippen molar-refractivity contribution in [3.63, 3.8) is 0 Å². The van der Waals surface area contributed by atoms with Gasteiger partial charge in [0.2, 0.25) is 0 Å². The zero-order valence-electron chi connectivity index (χ0n) is 8.61. The molecule has 0 unspecified atom stereocenters. The Balaban J connectivity index is 2.16. The summed E-state index contributed by atoms with van der Waals surface area (Å²) in [4.78, 5) is 0. The van der Waals surface area contributed by atoms with Crippen molar-refractivity contribution in [3.8, 4) is 0 Å². The molecule has 1 rings (SSSR count). The highest BCUT2D eigenvalue weighted by molar-refractivity contribution is 8.22. The Morgan fingerprint density at radius 2 is 2.13 bits per heavy atom. The molecule has 80 valence electrons. The summed E-state index contributed by atoms with van der Waals surface area (Å²) in [6.07, 6.45) is 2.87. The van der Waals surface area contributed by atoms with Crippen LogP contribution in [0, 0.1) is 0 Å². The van der Waals surface area contributed by atoms with Gasteiger partial charge in [-0.25, -0.2) is 0 Å². The number of hydrogen-bond donors (Lipinski definition) is 1. The lowest BCUT2D eigenvalue weighted by Gasteiger charge is -2.04. The lowest BCUT2D eigenvalue weighted by atomic mass is 10.2. The quantitative estimate of drug-likeness (QED) is 0.624. The molecule has 1 nitrogen and oxygen atoms in total. The second kappa shape index (κ2) is 7.49. The molecule has 0 saturated heterocycles. The number of nitrogens with one attached hydrogen (secondary N) is 1. The summed E-state index contributed by atoms with van der Waals surface area (Å²) in [5, 5.41) is 3.09. The monoisotopic (exact) mass is 237 g/mol. The van der Waals surface area contributed by atoms with E-state index in [-0.39, 0.29) is 0 Å². The summed E-state index contributed by atoms with van der Waals surface area (Å²) >= 11 is 6.82. The summed E-state index contributed by atoms with van der Waals surface area (Å²) in [5.74, 6) is 1.02. The van der Waals surface area contributed by atoms with Gasteiger partial charge in [0.15, 0.2) is 0 Å². The van der Waals surface area contributed by atoms with E-state index in [0.29, 0.717) is 0 Å². The van der Waals surface area contributed by atoms with Gasteiger partial charge < -0.3 is 5.32 Å². The minimum atomic E-state index is 0.747. The first kappa shape index (κ1) is 12.3. The highest BCUT2D eigenvalue weighted by Gasteiger charge is 1.96. The minimum absolute atomic E-state index is 0.747. The van der Waals surface area contributed by atoms with E-state index in [1.54, 1.807) is 11.8 Å². The average Bonchev–Trinajstić information content (AvgIpc) is 2.28. The molecule has 0 aromatic heterocycles. The molecule has 3 heteroatoms. The highest BCUT2D eigenvalue weighted by atomic mass is 32.2.